The number of carbonyl (C=O) groups excluding carboxylic acids is 1. The first kappa shape index (κ1) is 14.6. The number of aryl methyl sites for hydroxylation is 1. The summed E-state index contributed by atoms with van der Waals surface area (Å²) in [6.07, 6.45) is 0.823. The Morgan fingerprint density at radius 1 is 1.27 bits per heavy atom. The van der Waals surface area contributed by atoms with Crippen LogP contribution in [0, 0.1) is 6.92 Å². The minimum atomic E-state index is -0.854. The fraction of sp³-hybridized carbons (Fsp3) is 0.375. The molecule has 0 saturated carbocycles. The molecule has 1 aromatic heterocycles. The zero-order valence-corrected chi connectivity index (χ0v) is 12.5. The molecule has 1 amide bonds. The molecular formula is C16H19N3O3. The van der Waals surface area contributed by atoms with Gasteiger partial charge in [0.05, 0.1) is 0 Å². The van der Waals surface area contributed by atoms with Gasteiger partial charge in [-0.25, -0.2) is 0 Å². The topological polar surface area (TPSA) is 76.6 Å². The highest BCUT2D eigenvalue weighted by atomic mass is 16.4. The van der Waals surface area contributed by atoms with Gasteiger partial charge in [-0.3, -0.25) is 14.5 Å². The molecule has 2 N–H and O–H groups in total. The highest BCUT2D eigenvalue weighted by Crippen LogP contribution is 2.32. The summed E-state index contributed by atoms with van der Waals surface area (Å²) in [5, 5.41) is 10.7. The van der Waals surface area contributed by atoms with Gasteiger partial charge in [0.25, 0.3) is 0 Å². The van der Waals surface area contributed by atoms with Gasteiger partial charge in [0.1, 0.15) is 6.04 Å². The van der Waals surface area contributed by atoms with Crippen LogP contribution in [0.25, 0.3) is 10.9 Å². The number of nitrogens with zero attached hydrogens (tertiary/aromatic N) is 2. The number of para-hydroxylation sites is 1. The summed E-state index contributed by atoms with van der Waals surface area (Å²) in [5.41, 5.74) is 2.65. The van der Waals surface area contributed by atoms with Crippen molar-refractivity contribution in [3.8, 4) is 0 Å². The first-order valence-corrected chi connectivity index (χ1v) is 7.35. The van der Waals surface area contributed by atoms with E-state index in [2.05, 4.69) is 4.98 Å². The molecule has 116 valence electrons. The molecule has 0 bridgehead atoms. The third-order valence-electron chi connectivity index (χ3n) is 4.31. The number of fused-ring (bicyclic) bond motifs is 1. The van der Waals surface area contributed by atoms with Crippen molar-refractivity contribution in [2.24, 2.45) is 0 Å². The predicted molar refractivity (Wildman–Crippen MR) is 82.6 cm³/mol. The van der Waals surface area contributed by atoms with Crippen LogP contribution < -0.4 is 0 Å². The molecule has 3 rings (SSSR count). The number of carboxylic acids is 1. The molecule has 0 radical (unpaired) electrons. The summed E-state index contributed by atoms with van der Waals surface area (Å²) in [4.78, 5) is 29.6. The summed E-state index contributed by atoms with van der Waals surface area (Å²) >= 11 is 0. The number of aromatic amines is 1. The Hall–Kier alpha value is -2.34. The van der Waals surface area contributed by atoms with Crippen LogP contribution in [-0.2, 0) is 9.59 Å². The van der Waals surface area contributed by atoms with Gasteiger partial charge in [-0.15, -0.1) is 0 Å². The van der Waals surface area contributed by atoms with Gasteiger partial charge in [-0.05, 0) is 13.0 Å². The van der Waals surface area contributed by atoms with Crippen molar-refractivity contribution in [3.63, 3.8) is 0 Å². The lowest BCUT2D eigenvalue weighted by Crippen LogP contribution is -2.48. The van der Waals surface area contributed by atoms with Gasteiger partial charge in [0.15, 0.2) is 0 Å². The number of nitrogens with one attached hydrogen (secondary N) is 1. The van der Waals surface area contributed by atoms with Crippen molar-refractivity contribution in [2.75, 3.05) is 26.2 Å². The van der Waals surface area contributed by atoms with E-state index in [-0.39, 0.29) is 0 Å². The minimum Gasteiger partial charge on any atom is -0.480 e. The summed E-state index contributed by atoms with van der Waals surface area (Å²) in [6.45, 7) is 4.17. The number of hydrogen-bond donors (Lipinski definition) is 2. The molecule has 0 spiro atoms. The number of carboxylic acid groups (broad SMARTS) is 1. The van der Waals surface area contributed by atoms with E-state index in [1.807, 2.05) is 36.1 Å². The summed E-state index contributed by atoms with van der Waals surface area (Å²) in [7, 11) is 0. The normalized spacial score (nSPS) is 17.6. The zero-order chi connectivity index (χ0) is 15.7. The van der Waals surface area contributed by atoms with Crippen LogP contribution in [0.5, 0.6) is 0 Å². The second-order valence-corrected chi connectivity index (χ2v) is 5.63. The van der Waals surface area contributed by atoms with Crippen LogP contribution in [0.1, 0.15) is 17.3 Å². The molecule has 0 aliphatic carbocycles. The molecule has 2 heterocycles. The third kappa shape index (κ3) is 2.46. The highest BCUT2D eigenvalue weighted by molar-refractivity contribution is 5.90. The Kier molecular flexibility index (Phi) is 3.85. The first-order chi connectivity index (χ1) is 10.6. The molecule has 6 nitrogen and oxygen atoms in total. The number of benzene rings is 1. The second kappa shape index (κ2) is 5.81. The van der Waals surface area contributed by atoms with Crippen LogP contribution in [0.15, 0.2) is 24.3 Å². The molecule has 1 fully saturated rings. The first-order valence-electron chi connectivity index (χ1n) is 7.35. The van der Waals surface area contributed by atoms with Gasteiger partial charge in [-0.1, -0.05) is 18.2 Å². The number of aliphatic carboxylic acids is 1. The number of piperazine rings is 1. The van der Waals surface area contributed by atoms with E-state index >= 15 is 0 Å². The molecule has 1 atom stereocenters. The highest BCUT2D eigenvalue weighted by Gasteiger charge is 2.33. The largest absolute Gasteiger partial charge is 0.480 e. The van der Waals surface area contributed by atoms with Crippen molar-refractivity contribution >= 4 is 23.3 Å². The molecule has 1 aliphatic heterocycles. The van der Waals surface area contributed by atoms with E-state index in [1.165, 1.54) is 0 Å². The Bertz CT molecular complexity index is 702. The van der Waals surface area contributed by atoms with E-state index in [0.29, 0.717) is 26.2 Å². The second-order valence-electron chi connectivity index (χ2n) is 5.63. The fourth-order valence-electron chi connectivity index (χ4n) is 3.21. The van der Waals surface area contributed by atoms with Crippen LogP contribution in [0.2, 0.25) is 0 Å². The van der Waals surface area contributed by atoms with E-state index in [0.717, 1.165) is 28.6 Å². The number of carbonyl (C=O) groups is 2. The van der Waals surface area contributed by atoms with Crippen LogP contribution in [0.3, 0.4) is 0 Å². The number of amides is 1. The van der Waals surface area contributed by atoms with Crippen LogP contribution in [-0.4, -0.2) is 58.4 Å². The van der Waals surface area contributed by atoms with Crippen LogP contribution in [0.4, 0.5) is 0 Å². The van der Waals surface area contributed by atoms with Crippen molar-refractivity contribution in [1.29, 1.82) is 0 Å². The molecule has 1 aromatic carbocycles. The fourth-order valence-corrected chi connectivity index (χ4v) is 3.21. The van der Waals surface area contributed by atoms with E-state index in [9.17, 15) is 14.7 Å². The lowest BCUT2D eigenvalue weighted by Gasteiger charge is -2.36. The zero-order valence-electron chi connectivity index (χ0n) is 12.5. The average Bonchev–Trinajstić information content (AvgIpc) is 2.84. The standard InChI is InChI=1S/C16H19N3O3/c1-11-14(12-4-2-3-5-13(12)17-11)15(16(21)22)19-8-6-18(10-20)7-9-19/h2-5,10,15,17H,6-9H2,1H3,(H,21,22)/t15-/m1/s1. The van der Waals surface area contributed by atoms with E-state index in [1.54, 1.807) is 4.90 Å². The molecule has 1 aliphatic rings. The predicted octanol–water partition coefficient (Wildman–Crippen LogP) is 1.38. The van der Waals surface area contributed by atoms with Gasteiger partial charge in [0, 0.05) is 48.3 Å². The Labute approximate surface area is 128 Å². The Morgan fingerprint density at radius 2 is 1.95 bits per heavy atom. The molecule has 6 heteroatoms. The summed E-state index contributed by atoms with van der Waals surface area (Å²) < 4.78 is 0. The quantitative estimate of drug-likeness (QED) is 0.836. The van der Waals surface area contributed by atoms with Gasteiger partial charge in [0.2, 0.25) is 6.41 Å². The Morgan fingerprint density at radius 3 is 2.59 bits per heavy atom. The number of hydrogen-bond acceptors (Lipinski definition) is 3. The number of H-pyrrole nitrogens is 1. The minimum absolute atomic E-state index is 0.564. The van der Waals surface area contributed by atoms with Gasteiger partial charge >= 0.3 is 5.97 Å². The molecule has 22 heavy (non-hydrogen) atoms. The maximum Gasteiger partial charge on any atom is 0.325 e. The molecular weight excluding hydrogens is 282 g/mol. The summed E-state index contributed by atoms with van der Waals surface area (Å²) in [6, 6.07) is 7.06. The monoisotopic (exact) mass is 301 g/mol. The van der Waals surface area contributed by atoms with E-state index < -0.39 is 12.0 Å². The van der Waals surface area contributed by atoms with Crippen molar-refractivity contribution in [1.82, 2.24) is 14.8 Å². The lowest BCUT2D eigenvalue weighted by molar-refractivity contribution is -0.144. The molecule has 0 unspecified atom stereocenters. The van der Waals surface area contributed by atoms with Crippen molar-refractivity contribution in [2.45, 2.75) is 13.0 Å². The third-order valence-corrected chi connectivity index (χ3v) is 4.31. The average molecular weight is 301 g/mol. The Balaban J connectivity index is 1.99. The number of rotatable bonds is 4. The maximum absolute atomic E-state index is 11.9. The van der Waals surface area contributed by atoms with Gasteiger partial charge in [-0.2, -0.15) is 0 Å². The smallest absolute Gasteiger partial charge is 0.325 e. The van der Waals surface area contributed by atoms with Crippen molar-refractivity contribution in [3.05, 3.63) is 35.5 Å². The molecule has 1 saturated heterocycles. The van der Waals surface area contributed by atoms with Gasteiger partial charge < -0.3 is 15.0 Å². The lowest BCUT2D eigenvalue weighted by atomic mass is 10.0. The van der Waals surface area contributed by atoms with E-state index in [4.69, 9.17) is 0 Å². The number of aromatic nitrogens is 1. The van der Waals surface area contributed by atoms with Crippen LogP contribution >= 0.6 is 0 Å². The maximum atomic E-state index is 11.9. The van der Waals surface area contributed by atoms with Crippen molar-refractivity contribution < 1.29 is 14.7 Å². The SMILES string of the molecule is Cc1[nH]c2ccccc2c1[C@H](C(=O)O)N1CCN(C=O)CC1. The summed E-state index contributed by atoms with van der Waals surface area (Å²) in [5.74, 6) is -0.854. The molecule has 2 aromatic rings.